The number of rotatable bonds is 5. The van der Waals surface area contributed by atoms with Crippen LogP contribution in [-0.2, 0) is 14.6 Å². The van der Waals surface area contributed by atoms with E-state index in [0.29, 0.717) is 16.6 Å². The van der Waals surface area contributed by atoms with Crippen LogP contribution < -0.4 is 0 Å². The molecule has 162 valence electrons. The lowest BCUT2D eigenvalue weighted by molar-refractivity contribution is 0.101. The van der Waals surface area contributed by atoms with Gasteiger partial charge in [0.25, 0.3) is 0 Å². The zero-order chi connectivity index (χ0) is 23.1. The predicted molar refractivity (Wildman–Crippen MR) is 130 cm³/mol. The van der Waals surface area contributed by atoms with E-state index in [-0.39, 0.29) is 5.78 Å². The summed E-state index contributed by atoms with van der Waals surface area (Å²) in [5.74, 6) is 0.0256. The molecule has 0 unspecified atom stereocenters. The molecule has 0 bridgehead atoms. The van der Waals surface area contributed by atoms with Crippen molar-refractivity contribution in [3.05, 3.63) is 90.1 Å². The second-order valence-electron chi connectivity index (χ2n) is 8.60. The Hall–Kier alpha value is -3.31. The lowest BCUT2D eigenvalue weighted by Gasteiger charge is -2.25. The highest BCUT2D eigenvalue weighted by Gasteiger charge is 2.34. The van der Waals surface area contributed by atoms with Gasteiger partial charge in [-0.15, -0.1) is 0 Å². The van der Waals surface area contributed by atoms with E-state index in [1.165, 1.54) is 6.26 Å². The fourth-order valence-electron chi connectivity index (χ4n) is 3.81. The molecule has 1 aromatic heterocycles. The van der Waals surface area contributed by atoms with E-state index < -0.39 is 14.6 Å². The topological polar surface area (TPSA) is 64.1 Å². The van der Waals surface area contributed by atoms with Crippen molar-refractivity contribution in [2.45, 2.75) is 25.5 Å². The van der Waals surface area contributed by atoms with Gasteiger partial charge in [0.05, 0.1) is 10.3 Å². The Balaban J connectivity index is 1.91. The van der Waals surface area contributed by atoms with E-state index in [1.54, 1.807) is 27.0 Å². The Morgan fingerprint density at radius 2 is 1.44 bits per heavy atom. The van der Waals surface area contributed by atoms with Crippen LogP contribution in [0.15, 0.2) is 79.0 Å². The zero-order valence-electron chi connectivity index (χ0n) is 18.6. The molecule has 5 heteroatoms. The van der Waals surface area contributed by atoms with Crippen LogP contribution in [-0.4, -0.2) is 25.4 Å². The molecule has 0 atom stereocenters. The highest BCUT2D eigenvalue weighted by atomic mass is 32.2. The number of pyridine rings is 1. The van der Waals surface area contributed by atoms with Crippen LogP contribution in [0.2, 0.25) is 0 Å². The van der Waals surface area contributed by atoms with Crippen LogP contribution in [0.3, 0.4) is 0 Å². The highest BCUT2D eigenvalue weighted by Crippen LogP contribution is 2.37. The average Bonchev–Trinajstić information content (AvgIpc) is 2.77. The summed E-state index contributed by atoms with van der Waals surface area (Å²) in [6.45, 7) is 5.00. The number of benzene rings is 3. The highest BCUT2D eigenvalue weighted by molar-refractivity contribution is 7.91. The van der Waals surface area contributed by atoms with Crippen molar-refractivity contribution >= 4 is 26.5 Å². The molecule has 0 saturated heterocycles. The number of fused-ring (bicyclic) bond motifs is 1. The van der Waals surface area contributed by atoms with Crippen LogP contribution in [0.5, 0.6) is 0 Å². The van der Waals surface area contributed by atoms with Gasteiger partial charge in [0.1, 0.15) is 0 Å². The van der Waals surface area contributed by atoms with E-state index in [0.717, 1.165) is 27.6 Å². The van der Waals surface area contributed by atoms with Crippen LogP contribution in [0, 0.1) is 0 Å². The summed E-state index contributed by atoms with van der Waals surface area (Å²) >= 11 is 0. The molecular formula is C27H25NO3S. The number of hydrogen-bond donors (Lipinski definition) is 0. The predicted octanol–water partition coefficient (Wildman–Crippen LogP) is 6.05. The smallest absolute Gasteiger partial charge is 0.159 e. The molecule has 0 aliphatic rings. The SMILES string of the molecule is CC(=O)c1cccc(-c2cccc(-c3cc(C(C)(C)S(C)(=O)=O)c4ncccc4c3)c2)c1. The molecule has 4 aromatic rings. The molecule has 4 nitrogen and oxygen atoms in total. The van der Waals surface area contributed by atoms with Crippen LogP contribution >= 0.6 is 0 Å². The van der Waals surface area contributed by atoms with Gasteiger partial charge in [-0.05, 0) is 78.9 Å². The lowest BCUT2D eigenvalue weighted by Crippen LogP contribution is -2.28. The maximum absolute atomic E-state index is 12.6. The van der Waals surface area contributed by atoms with Crippen molar-refractivity contribution in [3.8, 4) is 22.3 Å². The van der Waals surface area contributed by atoms with Crippen molar-refractivity contribution in [1.29, 1.82) is 0 Å². The molecule has 0 aliphatic carbocycles. The summed E-state index contributed by atoms with van der Waals surface area (Å²) in [7, 11) is -3.38. The van der Waals surface area contributed by atoms with E-state index in [2.05, 4.69) is 11.1 Å². The fourth-order valence-corrected chi connectivity index (χ4v) is 4.37. The first kappa shape index (κ1) is 21.9. The van der Waals surface area contributed by atoms with Gasteiger partial charge in [0.2, 0.25) is 0 Å². The van der Waals surface area contributed by atoms with Gasteiger partial charge in [-0.2, -0.15) is 0 Å². The monoisotopic (exact) mass is 443 g/mol. The Morgan fingerprint density at radius 3 is 2.09 bits per heavy atom. The van der Waals surface area contributed by atoms with Gasteiger partial charge >= 0.3 is 0 Å². The number of aromatic nitrogens is 1. The quantitative estimate of drug-likeness (QED) is 0.352. The minimum absolute atomic E-state index is 0.0256. The number of carbonyl (C=O) groups is 1. The van der Waals surface area contributed by atoms with Gasteiger partial charge < -0.3 is 0 Å². The molecule has 0 aliphatic heterocycles. The molecule has 0 amide bonds. The Bertz CT molecular complexity index is 1450. The maximum atomic E-state index is 12.6. The molecule has 1 heterocycles. The van der Waals surface area contributed by atoms with E-state index in [4.69, 9.17) is 0 Å². The third-order valence-corrected chi connectivity index (χ3v) is 8.15. The molecule has 0 spiro atoms. The Labute approximate surface area is 188 Å². The first-order valence-electron chi connectivity index (χ1n) is 10.4. The van der Waals surface area contributed by atoms with Gasteiger partial charge in [-0.1, -0.05) is 42.5 Å². The van der Waals surface area contributed by atoms with E-state index in [1.807, 2.05) is 66.7 Å². The summed E-state index contributed by atoms with van der Waals surface area (Å²) in [6.07, 6.45) is 2.95. The fraction of sp³-hybridized carbons (Fsp3) is 0.185. The minimum Gasteiger partial charge on any atom is -0.295 e. The third-order valence-electron chi connectivity index (χ3n) is 6.08. The molecule has 0 radical (unpaired) electrons. The summed E-state index contributed by atoms with van der Waals surface area (Å²) in [4.78, 5) is 16.3. The maximum Gasteiger partial charge on any atom is 0.159 e. The molecule has 32 heavy (non-hydrogen) atoms. The molecule has 0 saturated carbocycles. The van der Waals surface area contributed by atoms with Crippen molar-refractivity contribution in [2.24, 2.45) is 0 Å². The Morgan fingerprint density at radius 1 is 0.812 bits per heavy atom. The van der Waals surface area contributed by atoms with E-state index >= 15 is 0 Å². The minimum atomic E-state index is -3.38. The van der Waals surface area contributed by atoms with Crippen LogP contribution in [0.4, 0.5) is 0 Å². The third kappa shape index (κ3) is 3.96. The summed E-state index contributed by atoms with van der Waals surface area (Å²) in [5, 5.41) is 0.890. The molecule has 0 N–H and O–H groups in total. The molecule has 0 fully saturated rings. The van der Waals surface area contributed by atoms with Gasteiger partial charge in [-0.25, -0.2) is 8.42 Å². The second-order valence-corrected chi connectivity index (χ2v) is 11.2. The zero-order valence-corrected chi connectivity index (χ0v) is 19.4. The molecular weight excluding hydrogens is 418 g/mol. The van der Waals surface area contributed by atoms with Crippen molar-refractivity contribution < 1.29 is 13.2 Å². The number of Topliss-reactive ketones (excluding diaryl/α,β-unsaturated/α-hetero) is 1. The first-order chi connectivity index (χ1) is 15.1. The van der Waals surface area contributed by atoms with Crippen LogP contribution in [0.25, 0.3) is 33.2 Å². The normalized spacial score (nSPS) is 12.1. The van der Waals surface area contributed by atoms with Crippen molar-refractivity contribution in [1.82, 2.24) is 4.98 Å². The van der Waals surface area contributed by atoms with Crippen LogP contribution in [0.1, 0.15) is 36.7 Å². The van der Waals surface area contributed by atoms with Gasteiger partial charge in [0.15, 0.2) is 15.6 Å². The first-order valence-corrected chi connectivity index (χ1v) is 12.3. The number of carbonyl (C=O) groups excluding carboxylic acids is 1. The van der Waals surface area contributed by atoms with Crippen molar-refractivity contribution in [2.75, 3.05) is 6.26 Å². The lowest BCUT2D eigenvalue weighted by atomic mass is 9.92. The van der Waals surface area contributed by atoms with E-state index in [9.17, 15) is 13.2 Å². The Kier molecular flexibility index (Phi) is 5.47. The standard InChI is InChI=1S/C27H25NO3S/c1-18(29)19-8-5-9-20(14-19)21-10-6-11-22(15-21)24-16-23-12-7-13-28-26(23)25(17-24)27(2,3)32(4,30)31/h5-17H,1-4H3. The largest absolute Gasteiger partial charge is 0.295 e. The molecule has 3 aromatic carbocycles. The number of ketones is 1. The van der Waals surface area contributed by atoms with Gasteiger partial charge in [0, 0.05) is 23.4 Å². The number of sulfone groups is 1. The average molecular weight is 444 g/mol. The van der Waals surface area contributed by atoms with Crippen molar-refractivity contribution in [3.63, 3.8) is 0 Å². The summed E-state index contributed by atoms with van der Waals surface area (Å²) < 4.78 is 24.1. The van der Waals surface area contributed by atoms with Gasteiger partial charge in [-0.3, -0.25) is 9.78 Å². The number of nitrogens with zero attached hydrogens (tertiary/aromatic N) is 1. The molecule has 4 rings (SSSR count). The summed E-state index contributed by atoms with van der Waals surface area (Å²) in [5.41, 5.74) is 5.87. The number of hydrogen-bond acceptors (Lipinski definition) is 4. The second kappa shape index (κ2) is 7.99. The summed E-state index contributed by atoms with van der Waals surface area (Å²) in [6, 6.07) is 23.4.